The molecular formula is C18H18BrNO2. The molecule has 114 valence electrons. The molecule has 0 bridgehead atoms. The van der Waals surface area contributed by atoms with E-state index >= 15 is 0 Å². The van der Waals surface area contributed by atoms with E-state index in [0.29, 0.717) is 6.61 Å². The highest BCUT2D eigenvalue weighted by atomic mass is 79.9. The summed E-state index contributed by atoms with van der Waals surface area (Å²) in [6.07, 6.45) is 2.03. The number of rotatable bonds is 6. The minimum atomic E-state index is -0.243. The Bertz CT molecular complexity index is 623. The minimum Gasteiger partial charge on any atom is -0.466 e. The Hall–Kier alpha value is -1.94. The summed E-state index contributed by atoms with van der Waals surface area (Å²) >= 11 is 3.42. The van der Waals surface area contributed by atoms with Crippen molar-refractivity contribution in [2.45, 2.75) is 19.4 Å². The topological polar surface area (TPSA) is 38.7 Å². The van der Waals surface area contributed by atoms with Crippen LogP contribution in [-0.2, 0) is 9.53 Å². The van der Waals surface area contributed by atoms with Gasteiger partial charge in [0, 0.05) is 10.7 Å². The van der Waals surface area contributed by atoms with Gasteiger partial charge in [-0.1, -0.05) is 58.4 Å². The second-order valence-corrected chi connectivity index (χ2v) is 5.68. The standard InChI is InChI=1S/C18H18BrNO2/c1-2-22-18(21)12-17(15-8-10-16(19)11-9-15)20-13-14-6-4-3-5-7-14/h3-11,13,17H,2,12H2,1H3/t17-/m1/s1. The van der Waals surface area contributed by atoms with E-state index in [1.807, 2.05) is 54.6 Å². The lowest BCUT2D eigenvalue weighted by Gasteiger charge is -2.12. The van der Waals surface area contributed by atoms with Gasteiger partial charge in [-0.15, -0.1) is 0 Å². The van der Waals surface area contributed by atoms with Crippen molar-refractivity contribution >= 4 is 28.1 Å². The minimum absolute atomic E-state index is 0.235. The highest BCUT2D eigenvalue weighted by molar-refractivity contribution is 9.10. The highest BCUT2D eigenvalue weighted by Gasteiger charge is 2.15. The Morgan fingerprint density at radius 1 is 1.18 bits per heavy atom. The number of esters is 1. The Morgan fingerprint density at radius 3 is 2.50 bits per heavy atom. The first-order valence-corrected chi connectivity index (χ1v) is 7.97. The molecule has 0 radical (unpaired) electrons. The van der Waals surface area contributed by atoms with Gasteiger partial charge in [0.2, 0.25) is 0 Å². The first-order valence-electron chi connectivity index (χ1n) is 7.18. The molecule has 0 N–H and O–H groups in total. The molecule has 4 heteroatoms. The first-order chi connectivity index (χ1) is 10.7. The predicted molar refractivity (Wildman–Crippen MR) is 92.2 cm³/mol. The lowest BCUT2D eigenvalue weighted by molar-refractivity contribution is -0.143. The second-order valence-electron chi connectivity index (χ2n) is 4.77. The van der Waals surface area contributed by atoms with E-state index in [4.69, 9.17) is 4.74 Å². The van der Waals surface area contributed by atoms with Crippen LogP contribution in [0.1, 0.15) is 30.5 Å². The van der Waals surface area contributed by atoms with Crippen LogP contribution < -0.4 is 0 Å². The predicted octanol–water partition coefficient (Wildman–Crippen LogP) is 4.56. The van der Waals surface area contributed by atoms with Crippen LogP contribution in [0.15, 0.2) is 64.1 Å². The molecule has 2 aromatic rings. The van der Waals surface area contributed by atoms with E-state index in [2.05, 4.69) is 20.9 Å². The molecule has 0 aliphatic heterocycles. The molecule has 0 aliphatic carbocycles. The first kappa shape index (κ1) is 16.4. The fourth-order valence-electron chi connectivity index (χ4n) is 2.03. The van der Waals surface area contributed by atoms with Crippen molar-refractivity contribution in [3.05, 3.63) is 70.2 Å². The smallest absolute Gasteiger partial charge is 0.308 e. The number of halogens is 1. The van der Waals surface area contributed by atoms with E-state index in [-0.39, 0.29) is 18.4 Å². The van der Waals surface area contributed by atoms with Crippen molar-refractivity contribution in [2.24, 2.45) is 4.99 Å². The highest BCUT2D eigenvalue weighted by Crippen LogP contribution is 2.23. The molecule has 2 rings (SSSR count). The van der Waals surface area contributed by atoms with E-state index in [0.717, 1.165) is 15.6 Å². The third kappa shape index (κ3) is 5.11. The number of carbonyl (C=O) groups is 1. The monoisotopic (exact) mass is 359 g/mol. The van der Waals surface area contributed by atoms with Gasteiger partial charge in [0.05, 0.1) is 19.1 Å². The van der Waals surface area contributed by atoms with Gasteiger partial charge < -0.3 is 4.74 Å². The maximum absolute atomic E-state index is 11.8. The van der Waals surface area contributed by atoms with Gasteiger partial charge in [0.1, 0.15) is 0 Å². The van der Waals surface area contributed by atoms with Gasteiger partial charge in [-0.3, -0.25) is 9.79 Å². The maximum atomic E-state index is 11.8. The third-order valence-corrected chi connectivity index (χ3v) is 3.65. The van der Waals surface area contributed by atoms with Crippen LogP contribution in [0.2, 0.25) is 0 Å². The molecule has 0 amide bonds. The number of ether oxygens (including phenoxy) is 1. The molecule has 0 spiro atoms. The average Bonchev–Trinajstić information content (AvgIpc) is 2.53. The molecule has 2 aromatic carbocycles. The van der Waals surface area contributed by atoms with Crippen molar-refractivity contribution in [3.63, 3.8) is 0 Å². The normalized spacial score (nSPS) is 12.3. The lowest BCUT2D eigenvalue weighted by atomic mass is 10.0. The Balaban J connectivity index is 2.19. The van der Waals surface area contributed by atoms with E-state index in [1.54, 1.807) is 13.1 Å². The van der Waals surface area contributed by atoms with Gasteiger partial charge in [-0.05, 0) is 30.2 Å². The van der Waals surface area contributed by atoms with Crippen LogP contribution in [0.25, 0.3) is 0 Å². The summed E-state index contributed by atoms with van der Waals surface area (Å²) < 4.78 is 6.05. The summed E-state index contributed by atoms with van der Waals surface area (Å²) in [5.41, 5.74) is 2.00. The summed E-state index contributed by atoms with van der Waals surface area (Å²) in [7, 11) is 0. The van der Waals surface area contributed by atoms with Crippen LogP contribution in [0.4, 0.5) is 0 Å². The van der Waals surface area contributed by atoms with Gasteiger partial charge in [0.25, 0.3) is 0 Å². The van der Waals surface area contributed by atoms with Gasteiger partial charge in [0.15, 0.2) is 0 Å². The van der Waals surface area contributed by atoms with Crippen molar-refractivity contribution in [1.82, 2.24) is 0 Å². The lowest BCUT2D eigenvalue weighted by Crippen LogP contribution is -2.09. The zero-order valence-corrected chi connectivity index (χ0v) is 14.0. The van der Waals surface area contributed by atoms with Crippen molar-refractivity contribution in [1.29, 1.82) is 0 Å². The number of benzene rings is 2. The maximum Gasteiger partial charge on any atom is 0.308 e. The number of hydrogen-bond acceptors (Lipinski definition) is 3. The molecule has 0 aromatic heterocycles. The number of hydrogen-bond donors (Lipinski definition) is 0. The van der Waals surface area contributed by atoms with Crippen LogP contribution in [0.5, 0.6) is 0 Å². The van der Waals surface area contributed by atoms with Gasteiger partial charge >= 0.3 is 5.97 Å². The number of carbonyl (C=O) groups excluding carboxylic acids is 1. The van der Waals surface area contributed by atoms with Crippen molar-refractivity contribution in [2.75, 3.05) is 6.61 Å². The fraction of sp³-hybridized carbons (Fsp3) is 0.222. The number of nitrogens with zero attached hydrogens (tertiary/aromatic N) is 1. The van der Waals surface area contributed by atoms with E-state index in [9.17, 15) is 4.79 Å². The molecule has 1 atom stereocenters. The van der Waals surface area contributed by atoms with Crippen LogP contribution >= 0.6 is 15.9 Å². The summed E-state index contributed by atoms with van der Waals surface area (Å²) in [4.78, 5) is 16.4. The zero-order chi connectivity index (χ0) is 15.8. The Morgan fingerprint density at radius 2 is 1.86 bits per heavy atom. The summed E-state index contributed by atoms with van der Waals surface area (Å²) in [5, 5.41) is 0. The molecule has 0 saturated carbocycles. The Labute approximate surface area is 139 Å². The molecule has 22 heavy (non-hydrogen) atoms. The quantitative estimate of drug-likeness (QED) is 0.559. The SMILES string of the molecule is CCOC(=O)C[C@@H](N=Cc1ccccc1)c1ccc(Br)cc1. The largest absolute Gasteiger partial charge is 0.466 e. The van der Waals surface area contributed by atoms with Crippen LogP contribution in [-0.4, -0.2) is 18.8 Å². The summed E-state index contributed by atoms with van der Waals surface area (Å²) in [5.74, 6) is -0.236. The van der Waals surface area contributed by atoms with E-state index < -0.39 is 0 Å². The summed E-state index contributed by atoms with van der Waals surface area (Å²) in [6, 6.07) is 17.4. The molecule has 3 nitrogen and oxygen atoms in total. The third-order valence-electron chi connectivity index (χ3n) is 3.12. The molecule has 0 aliphatic rings. The van der Waals surface area contributed by atoms with Crippen LogP contribution in [0, 0.1) is 0 Å². The van der Waals surface area contributed by atoms with Crippen molar-refractivity contribution in [3.8, 4) is 0 Å². The fourth-order valence-corrected chi connectivity index (χ4v) is 2.30. The molecule has 0 heterocycles. The van der Waals surface area contributed by atoms with Crippen molar-refractivity contribution < 1.29 is 9.53 Å². The molecule has 0 unspecified atom stereocenters. The van der Waals surface area contributed by atoms with E-state index in [1.165, 1.54) is 0 Å². The van der Waals surface area contributed by atoms with Gasteiger partial charge in [-0.2, -0.15) is 0 Å². The average molecular weight is 360 g/mol. The molecule has 0 fully saturated rings. The number of aliphatic imine (C=N–C) groups is 1. The summed E-state index contributed by atoms with van der Waals surface area (Å²) in [6.45, 7) is 2.19. The molecule has 0 saturated heterocycles. The van der Waals surface area contributed by atoms with Gasteiger partial charge in [-0.25, -0.2) is 0 Å². The second kappa shape index (κ2) is 8.49. The molecular weight excluding hydrogens is 342 g/mol. The zero-order valence-electron chi connectivity index (χ0n) is 12.4. The van der Waals surface area contributed by atoms with Crippen LogP contribution in [0.3, 0.4) is 0 Å². The Kier molecular flexibility index (Phi) is 6.34.